The summed E-state index contributed by atoms with van der Waals surface area (Å²) in [5.74, 6) is 2.17. The van der Waals surface area contributed by atoms with Gasteiger partial charge in [-0.05, 0) is 38.1 Å². The van der Waals surface area contributed by atoms with Crippen LogP contribution < -0.4 is 5.32 Å². The normalized spacial score (nSPS) is 25.1. The first-order valence-corrected chi connectivity index (χ1v) is 6.55. The first kappa shape index (κ1) is 11.2. The van der Waals surface area contributed by atoms with Crippen LogP contribution in [-0.2, 0) is 11.3 Å². The molecule has 1 aromatic heterocycles. The molecule has 94 valence electrons. The van der Waals surface area contributed by atoms with Crippen LogP contribution in [-0.4, -0.2) is 23.3 Å². The first-order valence-electron chi connectivity index (χ1n) is 6.55. The molecule has 2 fully saturated rings. The highest BCUT2D eigenvalue weighted by Gasteiger charge is 2.22. The molecular formula is C12H19N3O2. The molecule has 2 heterocycles. The van der Waals surface area contributed by atoms with Gasteiger partial charge in [0.15, 0.2) is 5.82 Å². The number of hydrogen-bond acceptors (Lipinski definition) is 5. The molecule has 5 heteroatoms. The van der Waals surface area contributed by atoms with Crippen molar-refractivity contribution < 1.29 is 9.26 Å². The lowest BCUT2D eigenvalue weighted by Crippen LogP contribution is -2.27. The molecule has 2 aliphatic rings. The summed E-state index contributed by atoms with van der Waals surface area (Å²) in [7, 11) is 0. The molecule has 1 aliphatic heterocycles. The van der Waals surface area contributed by atoms with Gasteiger partial charge in [-0.1, -0.05) is 11.6 Å². The Bertz CT molecular complexity index is 356. The molecule has 1 N–H and O–H groups in total. The third-order valence-corrected chi connectivity index (χ3v) is 3.38. The highest BCUT2D eigenvalue weighted by Crippen LogP contribution is 2.29. The number of hydrogen-bond donors (Lipinski definition) is 1. The quantitative estimate of drug-likeness (QED) is 0.846. The van der Waals surface area contributed by atoms with E-state index in [4.69, 9.17) is 9.26 Å². The van der Waals surface area contributed by atoms with Crippen LogP contribution in [0, 0.1) is 5.92 Å². The van der Waals surface area contributed by atoms with Crippen LogP contribution in [0.1, 0.15) is 49.9 Å². The number of piperidine rings is 1. The van der Waals surface area contributed by atoms with E-state index < -0.39 is 0 Å². The maximum atomic E-state index is 5.53. The lowest BCUT2D eigenvalue weighted by atomic mass is 10.0. The van der Waals surface area contributed by atoms with E-state index in [1.54, 1.807) is 0 Å². The highest BCUT2D eigenvalue weighted by atomic mass is 16.5. The average molecular weight is 237 g/mol. The summed E-state index contributed by atoms with van der Waals surface area (Å²) in [6.45, 7) is 2.34. The van der Waals surface area contributed by atoms with Crippen molar-refractivity contribution in [1.29, 1.82) is 0 Å². The van der Waals surface area contributed by atoms with Crippen LogP contribution in [0.4, 0.5) is 0 Å². The molecule has 0 unspecified atom stereocenters. The second-order valence-corrected chi connectivity index (χ2v) is 5.01. The molecule has 5 nitrogen and oxygen atoms in total. The van der Waals surface area contributed by atoms with E-state index in [0.717, 1.165) is 31.3 Å². The van der Waals surface area contributed by atoms with E-state index in [-0.39, 0.29) is 6.04 Å². The van der Waals surface area contributed by atoms with Gasteiger partial charge in [-0.2, -0.15) is 4.98 Å². The number of nitrogens with one attached hydrogen (secondary N) is 1. The lowest BCUT2D eigenvalue weighted by Gasteiger charge is -2.19. The van der Waals surface area contributed by atoms with E-state index in [9.17, 15) is 0 Å². The Morgan fingerprint density at radius 1 is 1.29 bits per heavy atom. The van der Waals surface area contributed by atoms with Crippen LogP contribution in [0.2, 0.25) is 0 Å². The van der Waals surface area contributed by atoms with Crippen LogP contribution in [0.15, 0.2) is 4.52 Å². The summed E-state index contributed by atoms with van der Waals surface area (Å²) >= 11 is 0. The molecule has 0 aromatic carbocycles. The molecule has 1 saturated carbocycles. The Labute approximate surface area is 101 Å². The van der Waals surface area contributed by atoms with E-state index in [2.05, 4.69) is 15.5 Å². The third-order valence-electron chi connectivity index (χ3n) is 3.38. The third kappa shape index (κ3) is 3.04. The van der Waals surface area contributed by atoms with Gasteiger partial charge >= 0.3 is 0 Å². The van der Waals surface area contributed by atoms with Gasteiger partial charge in [-0.3, -0.25) is 0 Å². The van der Waals surface area contributed by atoms with Gasteiger partial charge in [0.25, 0.3) is 5.89 Å². The van der Waals surface area contributed by atoms with Crippen molar-refractivity contribution in [3.8, 4) is 0 Å². The zero-order valence-corrected chi connectivity index (χ0v) is 10.0. The molecule has 0 bridgehead atoms. The summed E-state index contributed by atoms with van der Waals surface area (Å²) < 4.78 is 10.7. The monoisotopic (exact) mass is 237 g/mol. The zero-order valence-electron chi connectivity index (χ0n) is 10.0. The number of rotatable bonds is 5. The minimum absolute atomic E-state index is 0.268. The number of nitrogens with zero attached hydrogens (tertiary/aromatic N) is 2. The van der Waals surface area contributed by atoms with Crippen molar-refractivity contribution in [2.75, 3.05) is 13.2 Å². The van der Waals surface area contributed by atoms with Gasteiger partial charge in [-0.25, -0.2) is 0 Å². The van der Waals surface area contributed by atoms with Crippen molar-refractivity contribution in [3.05, 3.63) is 11.7 Å². The summed E-state index contributed by atoms with van der Waals surface area (Å²) in [6, 6.07) is 0.268. The maximum Gasteiger partial charge on any atom is 0.252 e. The Morgan fingerprint density at radius 2 is 2.24 bits per heavy atom. The minimum Gasteiger partial charge on any atom is -0.371 e. The van der Waals surface area contributed by atoms with Gasteiger partial charge in [0, 0.05) is 0 Å². The van der Waals surface area contributed by atoms with Crippen molar-refractivity contribution in [2.45, 2.75) is 44.8 Å². The fraction of sp³-hybridized carbons (Fsp3) is 0.833. The molecule has 1 atom stereocenters. The summed E-state index contributed by atoms with van der Waals surface area (Å²) in [5, 5.41) is 7.43. The standard InChI is InChI=1S/C12H19N3O2/c1-2-6-13-10(3-1)12-14-11(17-15-12)8-16-7-9-4-5-9/h9-10,13H,1-8H2/t10-/m1/s1. The van der Waals surface area contributed by atoms with Crippen LogP contribution >= 0.6 is 0 Å². The van der Waals surface area contributed by atoms with Gasteiger partial charge in [0.1, 0.15) is 6.61 Å². The Morgan fingerprint density at radius 3 is 3.00 bits per heavy atom. The molecule has 0 radical (unpaired) electrons. The van der Waals surface area contributed by atoms with Crippen molar-refractivity contribution in [3.63, 3.8) is 0 Å². The second-order valence-electron chi connectivity index (χ2n) is 5.01. The fourth-order valence-electron chi connectivity index (χ4n) is 2.14. The molecule has 1 aliphatic carbocycles. The van der Waals surface area contributed by atoms with Crippen LogP contribution in [0.5, 0.6) is 0 Å². The Kier molecular flexibility index (Phi) is 3.38. The molecule has 3 rings (SSSR count). The summed E-state index contributed by atoms with van der Waals surface area (Å²) in [5.41, 5.74) is 0. The van der Waals surface area contributed by atoms with Crippen LogP contribution in [0.3, 0.4) is 0 Å². The largest absolute Gasteiger partial charge is 0.371 e. The van der Waals surface area contributed by atoms with Crippen molar-refractivity contribution >= 4 is 0 Å². The van der Waals surface area contributed by atoms with E-state index >= 15 is 0 Å². The summed E-state index contributed by atoms with van der Waals surface area (Å²) in [6.07, 6.45) is 6.19. The molecule has 1 saturated heterocycles. The fourth-order valence-corrected chi connectivity index (χ4v) is 2.14. The molecule has 1 aromatic rings. The SMILES string of the molecule is C1CC[C@H](c2noc(COCC3CC3)n2)NC1. The minimum atomic E-state index is 0.268. The zero-order chi connectivity index (χ0) is 11.5. The predicted molar refractivity (Wildman–Crippen MR) is 61.3 cm³/mol. The smallest absolute Gasteiger partial charge is 0.252 e. The Balaban J connectivity index is 1.49. The van der Waals surface area contributed by atoms with E-state index in [1.807, 2.05) is 0 Å². The van der Waals surface area contributed by atoms with E-state index in [1.165, 1.54) is 25.7 Å². The molecular weight excluding hydrogens is 218 g/mol. The maximum absolute atomic E-state index is 5.53. The molecule has 0 spiro atoms. The second kappa shape index (κ2) is 5.14. The van der Waals surface area contributed by atoms with Crippen molar-refractivity contribution in [2.24, 2.45) is 5.92 Å². The van der Waals surface area contributed by atoms with E-state index in [0.29, 0.717) is 12.5 Å². The number of aromatic nitrogens is 2. The van der Waals surface area contributed by atoms with Crippen molar-refractivity contribution in [1.82, 2.24) is 15.5 Å². The van der Waals surface area contributed by atoms with Gasteiger partial charge < -0.3 is 14.6 Å². The average Bonchev–Trinajstić information content (AvgIpc) is 3.07. The van der Waals surface area contributed by atoms with Gasteiger partial charge in [0.2, 0.25) is 0 Å². The Hall–Kier alpha value is -0.940. The molecule has 0 amide bonds. The first-order chi connectivity index (χ1) is 8.42. The predicted octanol–water partition coefficient (Wildman–Crippen LogP) is 1.81. The highest BCUT2D eigenvalue weighted by molar-refractivity contribution is 4.95. The lowest BCUT2D eigenvalue weighted by molar-refractivity contribution is 0.0894. The van der Waals surface area contributed by atoms with Gasteiger partial charge in [-0.15, -0.1) is 0 Å². The number of ether oxygens (including phenoxy) is 1. The van der Waals surface area contributed by atoms with Gasteiger partial charge in [0.05, 0.1) is 12.6 Å². The topological polar surface area (TPSA) is 60.2 Å². The van der Waals surface area contributed by atoms with Crippen LogP contribution in [0.25, 0.3) is 0 Å². The summed E-state index contributed by atoms with van der Waals surface area (Å²) in [4.78, 5) is 4.39. The molecule has 17 heavy (non-hydrogen) atoms.